The number of benzene rings is 2. The average Bonchev–Trinajstić information content (AvgIpc) is 3.35. The zero-order chi connectivity index (χ0) is 24.2. The summed E-state index contributed by atoms with van der Waals surface area (Å²) in [6.45, 7) is 2.25. The van der Waals surface area contributed by atoms with Gasteiger partial charge in [0.25, 0.3) is 0 Å². The van der Waals surface area contributed by atoms with E-state index in [4.69, 9.17) is 9.97 Å². The van der Waals surface area contributed by atoms with Gasteiger partial charge in [0.05, 0.1) is 29.3 Å². The highest BCUT2D eigenvalue weighted by Gasteiger charge is 2.28. The Labute approximate surface area is 227 Å². The lowest BCUT2D eigenvalue weighted by Gasteiger charge is -2.34. The van der Waals surface area contributed by atoms with Crippen molar-refractivity contribution in [3.05, 3.63) is 114 Å². The monoisotopic (exact) mass is 555 g/mol. The van der Waals surface area contributed by atoms with Gasteiger partial charge in [-0.2, -0.15) is 0 Å². The van der Waals surface area contributed by atoms with E-state index in [9.17, 15) is 0 Å². The van der Waals surface area contributed by atoms with Gasteiger partial charge in [0.1, 0.15) is 5.82 Å². The van der Waals surface area contributed by atoms with E-state index in [1.165, 1.54) is 28.8 Å². The topological polar surface area (TPSA) is 82.6 Å². The number of nitrogens with zero attached hydrogens (tertiary/aromatic N) is 5. The van der Waals surface area contributed by atoms with Crippen molar-refractivity contribution in [1.29, 1.82) is 0 Å². The lowest BCUT2D eigenvalue weighted by atomic mass is 9.90. The summed E-state index contributed by atoms with van der Waals surface area (Å²) in [4.78, 5) is 24.2. The van der Waals surface area contributed by atoms with E-state index in [-0.39, 0.29) is 23.0 Å². The van der Waals surface area contributed by atoms with Crippen molar-refractivity contribution >= 4 is 34.0 Å². The lowest BCUT2D eigenvalue weighted by molar-refractivity contribution is 0.153. The van der Waals surface area contributed by atoms with Crippen LogP contribution >= 0.6 is 17.0 Å². The Hall–Kier alpha value is -3.62. The van der Waals surface area contributed by atoms with Crippen molar-refractivity contribution in [2.75, 3.05) is 5.32 Å². The number of hydrogen-bond donors (Lipinski definition) is 2. The number of aromatic amines is 1. The van der Waals surface area contributed by atoms with Crippen molar-refractivity contribution < 1.29 is 0 Å². The molecule has 0 radical (unpaired) electrons. The van der Waals surface area contributed by atoms with Crippen LogP contribution in [0.3, 0.4) is 0 Å². The van der Waals surface area contributed by atoms with E-state index >= 15 is 0 Å². The molecule has 0 bridgehead atoms. The van der Waals surface area contributed by atoms with Crippen LogP contribution < -0.4 is 5.32 Å². The van der Waals surface area contributed by atoms with E-state index in [1.807, 2.05) is 24.4 Å². The molecule has 5 aromatic rings. The van der Waals surface area contributed by atoms with Crippen LogP contribution in [-0.2, 0) is 26.1 Å². The Morgan fingerprint density at radius 3 is 2.46 bits per heavy atom. The molecule has 0 aliphatic heterocycles. The van der Waals surface area contributed by atoms with Crippen molar-refractivity contribution in [3.63, 3.8) is 0 Å². The van der Waals surface area contributed by atoms with Crippen LogP contribution in [-0.4, -0.2) is 29.8 Å². The molecule has 0 fully saturated rings. The first-order chi connectivity index (χ1) is 17.8. The first kappa shape index (κ1) is 25.0. The zero-order valence-corrected chi connectivity index (χ0v) is 22.3. The lowest BCUT2D eigenvalue weighted by Crippen LogP contribution is -2.31. The molecule has 1 unspecified atom stereocenters. The van der Waals surface area contributed by atoms with Gasteiger partial charge in [0.2, 0.25) is 5.95 Å². The van der Waals surface area contributed by atoms with E-state index in [0.29, 0.717) is 12.5 Å². The number of halogens is 1. The van der Waals surface area contributed by atoms with Crippen molar-refractivity contribution in [2.24, 2.45) is 0 Å². The molecule has 0 saturated carbocycles. The average molecular weight is 557 g/mol. The number of imidazole rings is 1. The van der Waals surface area contributed by atoms with Gasteiger partial charge in [-0.05, 0) is 60.2 Å². The maximum absolute atomic E-state index is 4.87. The van der Waals surface area contributed by atoms with Crippen LogP contribution in [0, 0.1) is 0 Å². The molecule has 1 atom stereocenters. The van der Waals surface area contributed by atoms with Gasteiger partial charge < -0.3 is 10.3 Å². The number of H-pyrrole nitrogens is 1. The van der Waals surface area contributed by atoms with Gasteiger partial charge in [0.15, 0.2) is 0 Å². The molecule has 1 aliphatic carbocycles. The number of hydrogen-bond acceptors (Lipinski definition) is 6. The Balaban J connectivity index is 0.00000280. The van der Waals surface area contributed by atoms with Crippen LogP contribution in [0.25, 0.3) is 11.0 Å². The Morgan fingerprint density at radius 2 is 1.62 bits per heavy atom. The Morgan fingerprint density at radius 1 is 0.838 bits per heavy atom. The summed E-state index contributed by atoms with van der Waals surface area (Å²) in [7, 11) is 0. The number of anilines is 1. The van der Waals surface area contributed by atoms with Gasteiger partial charge in [-0.15, -0.1) is 17.0 Å². The summed E-state index contributed by atoms with van der Waals surface area (Å²) in [6, 6.07) is 23.4. The Kier molecular flexibility index (Phi) is 7.87. The van der Waals surface area contributed by atoms with Crippen molar-refractivity contribution in [1.82, 2.24) is 29.8 Å². The predicted octanol–water partition coefficient (Wildman–Crippen LogP) is 6.02. The maximum Gasteiger partial charge on any atom is 0.222 e. The van der Waals surface area contributed by atoms with Crippen molar-refractivity contribution in [2.45, 2.75) is 44.9 Å². The quantitative estimate of drug-likeness (QED) is 0.243. The van der Waals surface area contributed by atoms with E-state index in [2.05, 4.69) is 73.7 Å². The molecule has 2 aromatic carbocycles. The minimum absolute atomic E-state index is 0. The number of aromatic nitrogens is 5. The van der Waals surface area contributed by atoms with Gasteiger partial charge in [-0.25, -0.2) is 15.0 Å². The second kappa shape index (κ2) is 11.6. The number of aryl methyl sites for hydroxylation is 1. The number of pyridine rings is 1. The summed E-state index contributed by atoms with van der Waals surface area (Å²) in [5.74, 6) is 1.63. The summed E-state index contributed by atoms with van der Waals surface area (Å²) >= 11 is 0. The second-order valence-electron chi connectivity index (χ2n) is 9.30. The number of para-hydroxylation sites is 2. The normalized spacial score (nSPS) is 14.8. The second-order valence-corrected chi connectivity index (χ2v) is 9.30. The molecule has 0 saturated heterocycles. The molecule has 8 heteroatoms. The zero-order valence-electron chi connectivity index (χ0n) is 20.5. The molecule has 7 nitrogen and oxygen atoms in total. The maximum atomic E-state index is 4.87. The van der Waals surface area contributed by atoms with Crippen LogP contribution in [0.15, 0.2) is 85.3 Å². The third kappa shape index (κ3) is 5.87. The molecule has 1 aliphatic rings. The van der Waals surface area contributed by atoms with Crippen LogP contribution in [0.1, 0.15) is 47.1 Å². The Bertz CT molecular complexity index is 1400. The number of fused-ring (bicyclic) bond motifs is 2. The van der Waals surface area contributed by atoms with Gasteiger partial charge >= 0.3 is 0 Å². The summed E-state index contributed by atoms with van der Waals surface area (Å²) < 4.78 is 0. The molecule has 188 valence electrons. The molecular weight excluding hydrogens is 526 g/mol. The first-order valence-electron chi connectivity index (χ1n) is 12.5. The van der Waals surface area contributed by atoms with E-state index in [1.54, 1.807) is 12.4 Å². The molecule has 6 rings (SSSR count). The molecule has 0 amide bonds. The first-order valence-corrected chi connectivity index (χ1v) is 12.5. The van der Waals surface area contributed by atoms with Gasteiger partial charge in [0, 0.05) is 31.7 Å². The van der Waals surface area contributed by atoms with Crippen LogP contribution in [0.5, 0.6) is 0 Å². The third-order valence-corrected chi connectivity index (χ3v) is 6.82. The van der Waals surface area contributed by atoms with Gasteiger partial charge in [-0.1, -0.05) is 42.5 Å². The molecule has 3 heterocycles. The predicted molar refractivity (Wildman–Crippen MR) is 151 cm³/mol. The van der Waals surface area contributed by atoms with Crippen LogP contribution in [0.2, 0.25) is 0 Å². The number of rotatable bonds is 8. The smallest absolute Gasteiger partial charge is 0.222 e. The van der Waals surface area contributed by atoms with Gasteiger partial charge in [-0.3, -0.25) is 9.88 Å². The SMILES string of the molecule is Br.c1cnc(NCc2ccc(CN(Cc3nc4ccccc4[nH]3)C3CCCc4cccnc43)cc2)nc1. The highest BCUT2D eigenvalue weighted by Crippen LogP contribution is 2.34. The third-order valence-electron chi connectivity index (χ3n) is 6.82. The minimum atomic E-state index is 0. The standard InChI is InChI=1S/C29H29N7.BrH/c1-2-9-25-24(8-1)34-27(35-25)20-36(26-10-3-6-23-7-4-15-30-28(23)26)19-22-13-11-21(12-14-22)18-33-29-31-16-5-17-32-29;/h1-2,4-5,7-9,11-17,26H,3,6,10,18-20H2,(H,34,35)(H,31,32,33);1H. The molecule has 2 N–H and O–H groups in total. The fourth-order valence-electron chi connectivity index (χ4n) is 5.06. The molecule has 3 aromatic heterocycles. The molecule has 37 heavy (non-hydrogen) atoms. The number of nitrogens with one attached hydrogen (secondary N) is 2. The van der Waals surface area contributed by atoms with E-state index < -0.39 is 0 Å². The van der Waals surface area contributed by atoms with Crippen molar-refractivity contribution in [3.8, 4) is 0 Å². The molecule has 0 spiro atoms. The summed E-state index contributed by atoms with van der Waals surface area (Å²) in [5.41, 5.74) is 7.13. The fourth-order valence-corrected chi connectivity index (χ4v) is 5.06. The highest BCUT2D eigenvalue weighted by atomic mass is 79.9. The summed E-state index contributed by atoms with van der Waals surface area (Å²) in [5, 5.41) is 3.28. The molecular formula is C29H30BrN7. The summed E-state index contributed by atoms with van der Waals surface area (Å²) in [6.07, 6.45) is 8.79. The fraction of sp³-hybridized carbons (Fsp3) is 0.241. The largest absolute Gasteiger partial charge is 0.350 e. The van der Waals surface area contributed by atoms with E-state index in [0.717, 1.165) is 42.8 Å². The van der Waals surface area contributed by atoms with Crippen LogP contribution in [0.4, 0.5) is 5.95 Å². The minimum Gasteiger partial charge on any atom is -0.350 e. The highest BCUT2D eigenvalue weighted by molar-refractivity contribution is 8.93.